The summed E-state index contributed by atoms with van der Waals surface area (Å²) in [6.07, 6.45) is 10.5. The Hall–Kier alpha value is -2.86. The van der Waals surface area contributed by atoms with Gasteiger partial charge in [-0.15, -0.1) is 0 Å². The van der Waals surface area contributed by atoms with Crippen LogP contribution in [0.2, 0.25) is 0 Å². The second-order valence-electron chi connectivity index (χ2n) is 9.80. The van der Waals surface area contributed by atoms with Crippen molar-refractivity contribution in [1.29, 1.82) is 0 Å². The molecule has 1 N–H and O–H groups in total. The van der Waals surface area contributed by atoms with Crippen molar-refractivity contribution < 1.29 is 14.0 Å². The fraction of sp³-hybridized carbons (Fsp3) is 0.500. The molecule has 0 unspecified atom stereocenters. The number of nitrogens with one attached hydrogen (secondary N) is 1. The minimum Gasteiger partial charge on any atom is -0.328 e. The van der Waals surface area contributed by atoms with Gasteiger partial charge >= 0.3 is 0 Å². The Morgan fingerprint density at radius 1 is 1.16 bits per heavy atom. The molecule has 0 radical (unpaired) electrons. The molecule has 4 heterocycles. The predicted molar refractivity (Wildman–Crippen MR) is 149 cm³/mol. The van der Waals surface area contributed by atoms with E-state index in [0.29, 0.717) is 11.2 Å². The number of thioether (sulfide) groups is 2. The zero-order valence-electron chi connectivity index (χ0n) is 21.5. The summed E-state index contributed by atoms with van der Waals surface area (Å²) < 4.78 is 16.3. The van der Waals surface area contributed by atoms with E-state index < -0.39 is 11.7 Å². The standard InChI is InChI=1S/C26H31FN6O3S2/c1-37-14-18(15-38-2)31-12-19-24(26(31)36)32(13-22(34)29-21-9-8-17(27)11-28-21)23-10-20(30-33(23)25(19)35)16-6-4-3-5-7-16/h8-11,16,18H,3-7,12-15H2,1-2H3,(H,28,29,34). The molecule has 1 fully saturated rings. The van der Waals surface area contributed by atoms with E-state index in [1.165, 1.54) is 23.1 Å². The molecule has 2 amide bonds. The van der Waals surface area contributed by atoms with Gasteiger partial charge in [0, 0.05) is 23.5 Å². The number of anilines is 1. The van der Waals surface area contributed by atoms with Gasteiger partial charge < -0.3 is 14.8 Å². The maximum absolute atomic E-state index is 13.8. The molecule has 1 saturated carbocycles. The number of rotatable bonds is 9. The van der Waals surface area contributed by atoms with Gasteiger partial charge in [-0.2, -0.15) is 33.1 Å². The van der Waals surface area contributed by atoms with Gasteiger partial charge in [-0.1, -0.05) is 19.3 Å². The lowest BCUT2D eigenvalue weighted by Gasteiger charge is -2.26. The Morgan fingerprint density at radius 3 is 2.55 bits per heavy atom. The summed E-state index contributed by atoms with van der Waals surface area (Å²) in [6, 6.07) is 4.40. The maximum atomic E-state index is 13.8. The third kappa shape index (κ3) is 5.20. The van der Waals surface area contributed by atoms with Crippen LogP contribution in [0.15, 0.2) is 29.2 Å². The Kier molecular flexibility index (Phi) is 8.08. The molecule has 5 rings (SSSR count). The molecule has 3 aromatic heterocycles. The van der Waals surface area contributed by atoms with E-state index in [-0.39, 0.29) is 48.0 Å². The minimum absolute atomic E-state index is 0.0462. The number of pyridine rings is 1. The van der Waals surface area contributed by atoms with Crippen LogP contribution in [0.3, 0.4) is 0 Å². The number of halogens is 1. The summed E-state index contributed by atoms with van der Waals surface area (Å²) in [4.78, 5) is 46.3. The number of hydrogen-bond donors (Lipinski definition) is 1. The lowest BCUT2D eigenvalue weighted by Crippen LogP contribution is -2.39. The fourth-order valence-electron chi connectivity index (χ4n) is 5.44. The monoisotopic (exact) mass is 558 g/mol. The van der Waals surface area contributed by atoms with Crippen LogP contribution >= 0.6 is 23.5 Å². The van der Waals surface area contributed by atoms with Gasteiger partial charge in [0.25, 0.3) is 11.5 Å². The van der Waals surface area contributed by atoms with Crippen LogP contribution in [0.1, 0.15) is 59.8 Å². The second-order valence-corrected chi connectivity index (χ2v) is 11.6. The Labute approximate surface area is 228 Å². The van der Waals surface area contributed by atoms with Crippen LogP contribution < -0.4 is 10.9 Å². The minimum atomic E-state index is -0.506. The molecule has 202 valence electrons. The van der Waals surface area contributed by atoms with Gasteiger partial charge in [0.1, 0.15) is 29.5 Å². The molecular formula is C26H31FN6O3S2. The van der Waals surface area contributed by atoms with Crippen molar-refractivity contribution in [3.05, 3.63) is 57.5 Å². The quantitative estimate of drug-likeness (QED) is 0.427. The summed E-state index contributed by atoms with van der Waals surface area (Å²) in [7, 11) is 0. The summed E-state index contributed by atoms with van der Waals surface area (Å²) in [5.41, 5.74) is 1.55. The van der Waals surface area contributed by atoms with Gasteiger partial charge in [-0.05, 0) is 37.5 Å². The molecular weight excluding hydrogens is 527 g/mol. The Balaban J connectivity index is 1.57. The highest BCUT2D eigenvalue weighted by Gasteiger charge is 2.38. The molecule has 38 heavy (non-hydrogen) atoms. The third-order valence-electron chi connectivity index (χ3n) is 7.26. The van der Waals surface area contributed by atoms with E-state index in [0.717, 1.165) is 49.1 Å². The van der Waals surface area contributed by atoms with Crippen LogP contribution in [-0.2, 0) is 17.9 Å². The van der Waals surface area contributed by atoms with Gasteiger partial charge in [-0.3, -0.25) is 14.4 Å². The topological polar surface area (TPSA) is 102 Å². The molecule has 12 heteroatoms. The highest BCUT2D eigenvalue weighted by Crippen LogP contribution is 2.33. The lowest BCUT2D eigenvalue weighted by molar-refractivity contribution is -0.116. The van der Waals surface area contributed by atoms with Gasteiger partial charge in [-0.25, -0.2) is 9.37 Å². The van der Waals surface area contributed by atoms with Gasteiger partial charge in [0.15, 0.2) is 0 Å². The first-order chi connectivity index (χ1) is 18.4. The molecule has 1 aliphatic carbocycles. The van der Waals surface area contributed by atoms with E-state index in [2.05, 4.69) is 10.3 Å². The third-order valence-corrected chi connectivity index (χ3v) is 8.70. The van der Waals surface area contributed by atoms with Crippen molar-refractivity contribution in [2.45, 2.75) is 57.2 Å². The number of hydrogen-bond acceptors (Lipinski definition) is 7. The van der Waals surface area contributed by atoms with Crippen molar-refractivity contribution in [3.63, 3.8) is 0 Å². The van der Waals surface area contributed by atoms with E-state index in [4.69, 9.17) is 5.10 Å². The fourth-order valence-corrected chi connectivity index (χ4v) is 6.96. The zero-order valence-corrected chi connectivity index (χ0v) is 23.1. The van der Waals surface area contributed by atoms with Crippen molar-refractivity contribution in [3.8, 4) is 0 Å². The average Bonchev–Trinajstić information content (AvgIpc) is 3.51. The molecule has 1 aliphatic heterocycles. The van der Waals surface area contributed by atoms with Crippen LogP contribution in [0.5, 0.6) is 0 Å². The summed E-state index contributed by atoms with van der Waals surface area (Å²) in [6.45, 7) is -0.0231. The molecule has 0 aromatic carbocycles. The largest absolute Gasteiger partial charge is 0.328 e. The number of amides is 2. The van der Waals surface area contributed by atoms with E-state index in [1.807, 2.05) is 18.6 Å². The number of aromatic nitrogens is 4. The summed E-state index contributed by atoms with van der Waals surface area (Å²) in [5, 5.41) is 7.37. The van der Waals surface area contributed by atoms with Crippen molar-refractivity contribution >= 4 is 46.8 Å². The number of nitrogens with zero attached hydrogens (tertiary/aromatic N) is 5. The van der Waals surface area contributed by atoms with E-state index in [9.17, 15) is 18.8 Å². The smallest absolute Gasteiger partial charge is 0.280 e. The molecule has 0 bridgehead atoms. The van der Waals surface area contributed by atoms with Crippen LogP contribution in [-0.4, -0.2) is 65.9 Å². The van der Waals surface area contributed by atoms with E-state index >= 15 is 0 Å². The maximum Gasteiger partial charge on any atom is 0.280 e. The zero-order chi connectivity index (χ0) is 26.8. The normalized spacial score (nSPS) is 16.0. The summed E-state index contributed by atoms with van der Waals surface area (Å²) >= 11 is 3.31. The second kappa shape index (κ2) is 11.5. The van der Waals surface area contributed by atoms with Crippen molar-refractivity contribution in [1.82, 2.24) is 24.1 Å². The summed E-state index contributed by atoms with van der Waals surface area (Å²) in [5.74, 6) is 0.753. The highest BCUT2D eigenvalue weighted by molar-refractivity contribution is 7.99. The molecule has 0 saturated heterocycles. The molecule has 9 nitrogen and oxygen atoms in total. The first kappa shape index (κ1) is 26.7. The molecule has 3 aromatic rings. The highest BCUT2D eigenvalue weighted by atomic mass is 32.2. The van der Waals surface area contributed by atoms with Gasteiger partial charge in [0.2, 0.25) is 5.91 Å². The number of fused-ring (bicyclic) bond motifs is 2. The lowest BCUT2D eigenvalue weighted by atomic mass is 9.87. The Morgan fingerprint density at radius 2 is 1.89 bits per heavy atom. The van der Waals surface area contributed by atoms with Crippen molar-refractivity contribution in [2.24, 2.45) is 0 Å². The molecule has 2 aliphatic rings. The van der Waals surface area contributed by atoms with Crippen molar-refractivity contribution in [2.75, 3.05) is 29.3 Å². The number of carbonyl (C=O) groups excluding carboxylic acids is 2. The van der Waals surface area contributed by atoms with E-state index in [1.54, 1.807) is 33.0 Å². The van der Waals surface area contributed by atoms with Crippen LogP contribution in [0.4, 0.5) is 10.2 Å². The SMILES string of the molecule is CSCC(CSC)N1Cc2c(n(CC(=O)Nc3ccc(F)cn3)c3cc(C4CCCCC4)nn3c2=O)C1=O. The van der Waals surface area contributed by atoms with Gasteiger partial charge in [0.05, 0.1) is 30.0 Å². The van der Waals surface area contributed by atoms with Crippen LogP contribution in [0, 0.1) is 5.82 Å². The predicted octanol–water partition coefficient (Wildman–Crippen LogP) is 3.77. The Bertz CT molecular complexity index is 1390. The number of carbonyl (C=O) groups is 2. The first-order valence-corrected chi connectivity index (χ1v) is 15.6. The average molecular weight is 559 g/mol. The molecule has 0 atom stereocenters. The van der Waals surface area contributed by atoms with Crippen LogP contribution in [0.25, 0.3) is 5.65 Å². The first-order valence-electron chi connectivity index (χ1n) is 12.8. The molecule has 0 spiro atoms.